The second-order valence-corrected chi connectivity index (χ2v) is 9.19. The Kier molecular flexibility index (Phi) is 11.8. The van der Waals surface area contributed by atoms with Crippen LogP contribution in [0.4, 0.5) is 16.4 Å². The van der Waals surface area contributed by atoms with E-state index in [1.165, 1.54) is 0 Å². The van der Waals surface area contributed by atoms with Crippen LogP contribution in [0.15, 0.2) is 59.0 Å². The molecule has 1 amide bonds. The van der Waals surface area contributed by atoms with Crippen LogP contribution in [0, 0.1) is 13.8 Å². The van der Waals surface area contributed by atoms with Gasteiger partial charge in [-0.25, -0.2) is 0 Å². The number of aryl methyl sites for hydroxylation is 2. The Morgan fingerprint density at radius 3 is 2.44 bits per heavy atom. The molecule has 9 heteroatoms. The van der Waals surface area contributed by atoms with E-state index in [1.807, 2.05) is 56.3 Å². The third-order valence-corrected chi connectivity index (χ3v) is 5.92. The molecular formula is C30H39FN4O4. The number of benzene rings is 3. The average molecular weight is 539 g/mol. The molecule has 0 aliphatic rings. The van der Waals surface area contributed by atoms with Gasteiger partial charge in [0, 0.05) is 44.4 Å². The molecule has 0 atom stereocenters. The summed E-state index contributed by atoms with van der Waals surface area (Å²) >= 11 is 0. The van der Waals surface area contributed by atoms with Crippen molar-refractivity contribution in [2.24, 2.45) is 0 Å². The molecule has 0 aliphatic heterocycles. The predicted octanol–water partition coefficient (Wildman–Crippen LogP) is 5.75. The Morgan fingerprint density at radius 1 is 1.05 bits per heavy atom. The number of hydrogen-bond donors (Lipinski definition) is 3. The number of anilines is 2. The van der Waals surface area contributed by atoms with Crippen molar-refractivity contribution in [2.75, 3.05) is 39.1 Å². The lowest BCUT2D eigenvalue weighted by atomic mass is 9.98. The number of aliphatic hydroxyl groups excluding tert-OH is 1. The van der Waals surface area contributed by atoms with Crippen LogP contribution in [-0.4, -0.2) is 61.0 Å². The van der Waals surface area contributed by atoms with Gasteiger partial charge in [0.15, 0.2) is 5.58 Å². The van der Waals surface area contributed by atoms with Crippen molar-refractivity contribution in [1.29, 1.82) is 0 Å². The number of para-hydroxylation sites is 1. The van der Waals surface area contributed by atoms with Crippen molar-refractivity contribution in [1.82, 2.24) is 15.2 Å². The van der Waals surface area contributed by atoms with Gasteiger partial charge in [0.25, 0.3) is 11.9 Å². The maximum Gasteiger partial charge on any atom is 0.300 e. The quantitative estimate of drug-likeness (QED) is 0.184. The molecule has 210 valence electrons. The van der Waals surface area contributed by atoms with Crippen molar-refractivity contribution in [3.05, 3.63) is 76.9 Å². The van der Waals surface area contributed by atoms with E-state index in [4.69, 9.17) is 9.52 Å². The molecule has 0 saturated carbocycles. The molecule has 0 spiro atoms. The highest BCUT2D eigenvalue weighted by atomic mass is 19.0. The lowest BCUT2D eigenvalue weighted by Crippen LogP contribution is -2.22. The van der Waals surface area contributed by atoms with Gasteiger partial charge in [0.05, 0.1) is 6.61 Å². The van der Waals surface area contributed by atoms with Gasteiger partial charge in [-0.05, 0) is 73.8 Å². The van der Waals surface area contributed by atoms with Gasteiger partial charge in [-0.3, -0.25) is 14.3 Å². The smallest absolute Gasteiger partial charge is 0.300 e. The summed E-state index contributed by atoms with van der Waals surface area (Å²) in [6.07, 6.45) is 1.98. The molecule has 3 N–H and O–H groups in total. The fourth-order valence-electron chi connectivity index (χ4n) is 4.00. The summed E-state index contributed by atoms with van der Waals surface area (Å²) in [5, 5.41) is 14.5. The van der Waals surface area contributed by atoms with Gasteiger partial charge < -0.3 is 25.1 Å². The zero-order valence-corrected chi connectivity index (χ0v) is 23.1. The number of nitrogens with one attached hydrogen (secondary N) is 2. The normalized spacial score (nSPS) is 10.3. The molecule has 0 saturated heterocycles. The first-order chi connectivity index (χ1) is 18.3. The van der Waals surface area contributed by atoms with Crippen LogP contribution >= 0.6 is 0 Å². The van der Waals surface area contributed by atoms with Crippen molar-refractivity contribution in [2.45, 2.75) is 27.2 Å². The lowest BCUT2D eigenvalue weighted by Gasteiger charge is -2.13. The van der Waals surface area contributed by atoms with Gasteiger partial charge in [-0.15, -0.1) is 0 Å². The largest absolute Gasteiger partial charge is 0.423 e. The highest BCUT2D eigenvalue weighted by Gasteiger charge is 2.15. The predicted molar refractivity (Wildman–Crippen MR) is 157 cm³/mol. The SMILES string of the molecule is CCCNCCO.Cc1cc(Nc2nc3cccc(-c4ccc(C=O)cc4C)c3o2)ccc1C(=O)N(C)C.F.[HH]. The van der Waals surface area contributed by atoms with Crippen LogP contribution in [0.5, 0.6) is 0 Å². The molecule has 0 bridgehead atoms. The van der Waals surface area contributed by atoms with Crippen molar-refractivity contribution in [3.63, 3.8) is 0 Å². The van der Waals surface area contributed by atoms with E-state index in [2.05, 4.69) is 22.5 Å². The Bertz CT molecular complexity index is 1400. The standard InChI is InChI=1S/C25H23N3O3.C5H13NO.FH.H2/c1-15-12-17(14-29)8-10-19(15)21-6-5-7-22-23(21)31-25(27-22)26-18-9-11-20(16(2)13-18)24(30)28(3)4;1-2-3-6-4-5-7;;/h5-14H,1-4H3,(H,26,27);6-7H,2-5H2,1H3;2*1H. The number of oxazole rings is 1. The summed E-state index contributed by atoms with van der Waals surface area (Å²) in [5.41, 5.74) is 7.23. The lowest BCUT2D eigenvalue weighted by molar-refractivity contribution is 0.0826. The number of nitrogens with zero attached hydrogens (tertiary/aromatic N) is 2. The van der Waals surface area contributed by atoms with E-state index in [0.717, 1.165) is 59.3 Å². The monoisotopic (exact) mass is 538 g/mol. The van der Waals surface area contributed by atoms with Crippen molar-refractivity contribution < 1.29 is 25.2 Å². The third kappa shape index (κ3) is 7.95. The first-order valence-corrected chi connectivity index (χ1v) is 12.7. The Morgan fingerprint density at radius 2 is 1.82 bits per heavy atom. The number of hydrogen-bond acceptors (Lipinski definition) is 7. The van der Waals surface area contributed by atoms with E-state index < -0.39 is 0 Å². The molecule has 0 aliphatic carbocycles. The molecule has 0 unspecified atom stereocenters. The summed E-state index contributed by atoms with van der Waals surface area (Å²) < 4.78 is 6.06. The highest BCUT2D eigenvalue weighted by Crippen LogP contribution is 2.33. The minimum Gasteiger partial charge on any atom is -0.423 e. The second kappa shape index (κ2) is 14.8. The summed E-state index contributed by atoms with van der Waals surface area (Å²) in [5.74, 6) is -0.0356. The van der Waals surface area contributed by atoms with Crippen LogP contribution < -0.4 is 10.6 Å². The Hall–Kier alpha value is -4.08. The first kappa shape index (κ1) is 31.1. The second-order valence-electron chi connectivity index (χ2n) is 9.19. The molecule has 4 aromatic rings. The van der Waals surface area contributed by atoms with E-state index in [1.54, 1.807) is 31.1 Å². The summed E-state index contributed by atoms with van der Waals surface area (Å²) in [6.45, 7) is 7.96. The fourth-order valence-corrected chi connectivity index (χ4v) is 4.00. The van der Waals surface area contributed by atoms with Gasteiger partial charge >= 0.3 is 0 Å². The fraction of sp³-hybridized carbons (Fsp3) is 0.300. The molecule has 8 nitrogen and oxygen atoms in total. The number of carbonyl (C=O) groups excluding carboxylic acids is 2. The maximum atomic E-state index is 12.2. The Balaban J connectivity index is 0.000000792. The highest BCUT2D eigenvalue weighted by molar-refractivity contribution is 5.96. The maximum absolute atomic E-state index is 12.2. The third-order valence-electron chi connectivity index (χ3n) is 5.92. The number of halogens is 1. The minimum absolute atomic E-state index is 0. The van der Waals surface area contributed by atoms with Crippen LogP contribution in [0.2, 0.25) is 0 Å². The number of aldehydes is 1. The zero-order chi connectivity index (χ0) is 27.7. The van der Waals surface area contributed by atoms with Crippen LogP contribution in [0.3, 0.4) is 0 Å². The molecule has 1 aromatic heterocycles. The summed E-state index contributed by atoms with van der Waals surface area (Å²) in [4.78, 5) is 29.4. The number of fused-ring (bicyclic) bond motifs is 1. The molecule has 3 aromatic carbocycles. The van der Waals surface area contributed by atoms with Crippen molar-refractivity contribution >= 4 is 35.0 Å². The van der Waals surface area contributed by atoms with E-state index in [9.17, 15) is 9.59 Å². The van der Waals surface area contributed by atoms with Crippen molar-refractivity contribution in [3.8, 4) is 11.1 Å². The number of aromatic nitrogens is 1. The first-order valence-electron chi connectivity index (χ1n) is 12.7. The molecule has 4 rings (SSSR count). The molecule has 0 radical (unpaired) electrons. The summed E-state index contributed by atoms with van der Waals surface area (Å²) in [6, 6.07) is 17.3. The van der Waals surface area contributed by atoms with E-state index >= 15 is 0 Å². The van der Waals surface area contributed by atoms with E-state index in [-0.39, 0.29) is 18.6 Å². The number of amides is 1. The van der Waals surface area contributed by atoms with Gasteiger partial charge in [-0.1, -0.05) is 31.2 Å². The number of aliphatic hydroxyl groups is 1. The Labute approximate surface area is 229 Å². The number of rotatable bonds is 9. The zero-order valence-electron chi connectivity index (χ0n) is 23.1. The van der Waals surface area contributed by atoms with Gasteiger partial charge in [-0.2, -0.15) is 4.98 Å². The molecular weight excluding hydrogens is 499 g/mol. The van der Waals surface area contributed by atoms with Crippen LogP contribution in [0.1, 0.15) is 46.6 Å². The average Bonchev–Trinajstić information content (AvgIpc) is 3.31. The topological polar surface area (TPSA) is 108 Å². The van der Waals surface area contributed by atoms with Crippen LogP contribution in [0.25, 0.3) is 22.2 Å². The van der Waals surface area contributed by atoms with Crippen LogP contribution in [-0.2, 0) is 0 Å². The summed E-state index contributed by atoms with van der Waals surface area (Å²) in [7, 11) is 3.47. The molecule has 1 heterocycles. The van der Waals surface area contributed by atoms with Gasteiger partial charge in [0.1, 0.15) is 11.8 Å². The number of carbonyl (C=O) groups is 2. The van der Waals surface area contributed by atoms with Gasteiger partial charge in [0.2, 0.25) is 0 Å². The molecule has 39 heavy (non-hydrogen) atoms. The van der Waals surface area contributed by atoms with E-state index in [0.29, 0.717) is 22.7 Å². The minimum atomic E-state index is -0.0356. The molecule has 0 fully saturated rings.